The number of amides is 5. The molecule has 0 aromatic heterocycles. The summed E-state index contributed by atoms with van der Waals surface area (Å²) in [5.74, 6) is -2.24. The van der Waals surface area contributed by atoms with E-state index >= 15 is 0 Å². The van der Waals surface area contributed by atoms with Crippen LogP contribution >= 0.6 is 15.9 Å². The molecule has 0 saturated heterocycles. The Kier molecular flexibility index (Phi) is 14.9. The molecule has 2 aliphatic rings. The highest BCUT2D eigenvalue weighted by molar-refractivity contribution is 9.10. The fourth-order valence-corrected chi connectivity index (χ4v) is 6.44. The molecule has 0 bridgehead atoms. The molecule has 0 spiro atoms. The van der Waals surface area contributed by atoms with Crippen molar-refractivity contribution in [2.45, 2.75) is 116 Å². The third-order valence-electron chi connectivity index (χ3n) is 9.01. The SMILES string of the molecule is CC(C)C[C@@H]1NC(=O)[C@@H](N(C)C(=O)[C@@H](NC(=O)OC(C)(C)C)C2CC2)CC=CCCCCN(C)C(=O)[C@H](Cc2cc(F)ccc2Br)N(C)C1=O. The van der Waals surface area contributed by atoms with Gasteiger partial charge in [-0.3, -0.25) is 19.2 Å². The zero-order chi connectivity index (χ0) is 37.3. The van der Waals surface area contributed by atoms with Crippen LogP contribution in [0.1, 0.15) is 85.1 Å². The summed E-state index contributed by atoms with van der Waals surface area (Å²) >= 11 is 3.46. The predicted molar refractivity (Wildman–Crippen MR) is 193 cm³/mol. The van der Waals surface area contributed by atoms with Crippen LogP contribution in [-0.2, 0) is 30.3 Å². The van der Waals surface area contributed by atoms with Crippen LogP contribution in [0.5, 0.6) is 0 Å². The van der Waals surface area contributed by atoms with Crippen molar-refractivity contribution in [3.05, 3.63) is 46.2 Å². The molecule has 0 unspecified atom stereocenters. The molecular weight excluding hydrogens is 709 g/mol. The summed E-state index contributed by atoms with van der Waals surface area (Å²) < 4.78 is 20.3. The monoisotopic (exact) mass is 763 g/mol. The number of halogens is 2. The normalized spacial score (nSPS) is 22.3. The molecule has 2 N–H and O–H groups in total. The number of nitrogens with one attached hydrogen (secondary N) is 2. The topological polar surface area (TPSA) is 128 Å². The van der Waals surface area contributed by atoms with Gasteiger partial charge in [0.15, 0.2) is 0 Å². The Morgan fingerprint density at radius 1 is 1.10 bits per heavy atom. The van der Waals surface area contributed by atoms with E-state index in [1.54, 1.807) is 38.8 Å². The number of nitrogens with zero attached hydrogens (tertiary/aromatic N) is 3. The first-order valence-electron chi connectivity index (χ1n) is 17.6. The summed E-state index contributed by atoms with van der Waals surface area (Å²) in [4.78, 5) is 73.3. The Balaban J connectivity index is 1.96. The van der Waals surface area contributed by atoms with Crippen molar-refractivity contribution in [2.24, 2.45) is 11.8 Å². The number of benzene rings is 1. The van der Waals surface area contributed by atoms with E-state index in [0.29, 0.717) is 29.4 Å². The van der Waals surface area contributed by atoms with Crippen molar-refractivity contribution in [1.82, 2.24) is 25.3 Å². The standard InChI is InChI=1S/C37H55BrFN5O6/c1-23(2)20-28-33(46)44(8)30(22-25-21-26(39)17-18-27(25)38)34(47)42(6)19-13-11-9-10-12-14-29(32(45)40-28)43(7)35(48)31(24-15-16-24)41-36(49)50-37(3,4)5/h10,12,17-18,21,23-24,28-31H,9,11,13-16,19-20,22H2,1-8H3,(H,40,45)(H,41,49)/t28-,29-,30-,31-/m0/s1. The van der Waals surface area contributed by atoms with Gasteiger partial charge in [-0.2, -0.15) is 0 Å². The third kappa shape index (κ3) is 12.1. The second kappa shape index (κ2) is 18.1. The quantitative estimate of drug-likeness (QED) is 0.351. The maximum atomic E-state index is 14.3. The second-order valence-electron chi connectivity index (χ2n) is 15.0. The predicted octanol–water partition coefficient (Wildman–Crippen LogP) is 5.21. The van der Waals surface area contributed by atoms with Crippen molar-refractivity contribution in [3.8, 4) is 0 Å². The zero-order valence-corrected chi connectivity index (χ0v) is 32.3. The number of rotatable bonds is 8. The molecule has 1 saturated carbocycles. The van der Waals surface area contributed by atoms with Gasteiger partial charge in [-0.15, -0.1) is 0 Å². The van der Waals surface area contributed by atoms with Crippen molar-refractivity contribution in [2.75, 3.05) is 27.7 Å². The van der Waals surface area contributed by atoms with Gasteiger partial charge in [-0.25, -0.2) is 9.18 Å². The van der Waals surface area contributed by atoms with Gasteiger partial charge in [0.25, 0.3) is 0 Å². The fraction of sp³-hybridized carbons (Fsp3) is 0.649. The Bertz CT molecular complexity index is 1410. The summed E-state index contributed by atoms with van der Waals surface area (Å²) in [6.07, 6.45) is 7.35. The van der Waals surface area contributed by atoms with Crippen LogP contribution in [0.3, 0.4) is 0 Å². The molecule has 3 rings (SSSR count). The highest BCUT2D eigenvalue weighted by Crippen LogP contribution is 2.34. The molecule has 278 valence electrons. The Labute approximate surface area is 304 Å². The first kappa shape index (κ1) is 40.9. The van der Waals surface area contributed by atoms with Crippen LogP contribution in [0, 0.1) is 17.7 Å². The summed E-state index contributed by atoms with van der Waals surface area (Å²) in [5.41, 5.74) is -0.218. The van der Waals surface area contributed by atoms with Crippen LogP contribution in [-0.4, -0.2) is 102 Å². The number of alkyl carbamates (subject to hydrolysis) is 1. The lowest BCUT2D eigenvalue weighted by Crippen LogP contribution is -2.59. The molecule has 1 aliphatic carbocycles. The van der Waals surface area contributed by atoms with Gasteiger partial charge in [0.2, 0.25) is 23.6 Å². The minimum absolute atomic E-state index is 0.00702. The average molecular weight is 765 g/mol. The van der Waals surface area contributed by atoms with E-state index < -0.39 is 59.4 Å². The first-order chi connectivity index (χ1) is 23.4. The third-order valence-corrected chi connectivity index (χ3v) is 9.78. The summed E-state index contributed by atoms with van der Waals surface area (Å²) in [6, 6.07) is 0.412. The van der Waals surface area contributed by atoms with Crippen molar-refractivity contribution < 1.29 is 33.1 Å². The smallest absolute Gasteiger partial charge is 0.408 e. The lowest BCUT2D eigenvalue weighted by atomic mass is 9.98. The van der Waals surface area contributed by atoms with Gasteiger partial charge in [0, 0.05) is 38.6 Å². The van der Waals surface area contributed by atoms with E-state index in [-0.39, 0.29) is 37.0 Å². The molecule has 11 nitrogen and oxygen atoms in total. The van der Waals surface area contributed by atoms with Gasteiger partial charge in [0.05, 0.1) is 0 Å². The number of ether oxygens (including phenoxy) is 1. The molecule has 1 aliphatic heterocycles. The molecule has 0 radical (unpaired) electrons. The van der Waals surface area contributed by atoms with Gasteiger partial charge in [-0.1, -0.05) is 41.9 Å². The Morgan fingerprint density at radius 3 is 2.40 bits per heavy atom. The largest absolute Gasteiger partial charge is 0.444 e. The summed E-state index contributed by atoms with van der Waals surface area (Å²) in [7, 11) is 4.77. The van der Waals surface area contributed by atoms with Crippen LogP contribution in [0.15, 0.2) is 34.8 Å². The summed E-state index contributed by atoms with van der Waals surface area (Å²) in [5, 5.41) is 5.65. The van der Waals surface area contributed by atoms with Gasteiger partial charge in [-0.05, 0) is 101 Å². The fourth-order valence-electron chi connectivity index (χ4n) is 6.04. The van der Waals surface area contributed by atoms with E-state index in [2.05, 4.69) is 26.6 Å². The molecule has 50 heavy (non-hydrogen) atoms. The van der Waals surface area contributed by atoms with Crippen molar-refractivity contribution >= 4 is 45.7 Å². The van der Waals surface area contributed by atoms with E-state index in [4.69, 9.17) is 4.74 Å². The molecular formula is C37H55BrFN5O6. The number of likely N-dealkylation sites (N-methyl/N-ethyl adjacent to an activating group) is 3. The highest BCUT2D eigenvalue weighted by Gasteiger charge is 2.42. The molecule has 1 aromatic rings. The van der Waals surface area contributed by atoms with Gasteiger partial charge < -0.3 is 30.1 Å². The van der Waals surface area contributed by atoms with Crippen LogP contribution in [0.25, 0.3) is 0 Å². The van der Waals surface area contributed by atoms with Crippen molar-refractivity contribution in [1.29, 1.82) is 0 Å². The highest BCUT2D eigenvalue weighted by atomic mass is 79.9. The minimum atomic E-state index is -1.01. The number of carbonyl (C=O) groups excluding carboxylic acids is 5. The molecule has 13 heteroatoms. The number of hydrogen-bond acceptors (Lipinski definition) is 6. The van der Waals surface area contributed by atoms with E-state index in [9.17, 15) is 28.4 Å². The summed E-state index contributed by atoms with van der Waals surface area (Å²) in [6.45, 7) is 9.55. The molecule has 1 fully saturated rings. The van der Waals surface area contributed by atoms with Crippen LogP contribution in [0.4, 0.5) is 9.18 Å². The number of carbonyl (C=O) groups is 5. The molecule has 1 heterocycles. The zero-order valence-electron chi connectivity index (χ0n) is 30.8. The van der Waals surface area contributed by atoms with Gasteiger partial charge >= 0.3 is 6.09 Å². The number of allylic oxidation sites excluding steroid dienone is 1. The van der Waals surface area contributed by atoms with Crippen LogP contribution in [0.2, 0.25) is 0 Å². The lowest BCUT2D eigenvalue weighted by molar-refractivity contribution is -0.147. The van der Waals surface area contributed by atoms with Gasteiger partial charge in [0.1, 0.15) is 35.6 Å². The van der Waals surface area contributed by atoms with Crippen LogP contribution < -0.4 is 10.6 Å². The molecule has 1 aromatic carbocycles. The minimum Gasteiger partial charge on any atom is -0.444 e. The Hall–Kier alpha value is -3.48. The van der Waals surface area contributed by atoms with Crippen molar-refractivity contribution in [3.63, 3.8) is 0 Å². The lowest BCUT2D eigenvalue weighted by Gasteiger charge is -2.35. The van der Waals surface area contributed by atoms with E-state index in [1.807, 2.05) is 26.0 Å². The number of hydrogen-bond donors (Lipinski definition) is 2. The maximum Gasteiger partial charge on any atom is 0.408 e. The molecule has 5 amide bonds. The first-order valence-corrected chi connectivity index (χ1v) is 18.4. The average Bonchev–Trinajstić information content (AvgIpc) is 3.87. The van der Waals surface area contributed by atoms with E-state index in [0.717, 1.165) is 19.3 Å². The molecule has 4 atom stereocenters. The van der Waals surface area contributed by atoms with E-state index in [1.165, 1.54) is 36.0 Å². The second-order valence-corrected chi connectivity index (χ2v) is 15.8. The maximum absolute atomic E-state index is 14.3. The Morgan fingerprint density at radius 2 is 1.78 bits per heavy atom.